The molecule has 0 bridgehead atoms. The molecule has 0 fully saturated rings. The molecule has 0 heterocycles. The number of methoxy groups -OCH3 is 1. The van der Waals surface area contributed by atoms with E-state index in [0.29, 0.717) is 6.42 Å². The van der Waals surface area contributed by atoms with E-state index >= 15 is 0 Å². The molecule has 2 rings (SSSR count). The minimum Gasteiger partial charge on any atom is -0.469 e. The lowest BCUT2D eigenvalue weighted by Gasteiger charge is -2.13. The van der Waals surface area contributed by atoms with E-state index in [1.807, 2.05) is 0 Å². The lowest BCUT2D eigenvalue weighted by atomic mass is 9.97. The summed E-state index contributed by atoms with van der Waals surface area (Å²) in [6.07, 6.45) is 2.13. The van der Waals surface area contributed by atoms with Gasteiger partial charge in [-0.2, -0.15) is 0 Å². The van der Waals surface area contributed by atoms with Gasteiger partial charge in [0.1, 0.15) is 0 Å². The Balaban J connectivity index is 1.96. The van der Waals surface area contributed by atoms with Crippen molar-refractivity contribution in [2.45, 2.75) is 32.2 Å². The number of hydrogen-bond acceptors (Lipinski definition) is 3. The van der Waals surface area contributed by atoms with Crippen LogP contribution in [0.3, 0.4) is 0 Å². The van der Waals surface area contributed by atoms with E-state index in [4.69, 9.17) is 5.73 Å². The molecule has 0 aliphatic carbocycles. The number of esters is 1. The standard InChI is InChI=1S/C19H23NO2/c1-14-6-10-16(11-7-14)19(20)17-12-8-15(9-13-17)4-3-5-18(21)22-2/h6-13,19H,3-5,20H2,1-2H3. The molecule has 2 aromatic rings. The molecule has 1 atom stereocenters. The predicted molar refractivity (Wildman–Crippen MR) is 88.6 cm³/mol. The second kappa shape index (κ2) is 7.76. The predicted octanol–water partition coefficient (Wildman–Crippen LogP) is 3.54. The molecular formula is C19H23NO2. The third-order valence-electron chi connectivity index (χ3n) is 3.85. The maximum atomic E-state index is 11.1. The van der Waals surface area contributed by atoms with Crippen LogP contribution in [-0.2, 0) is 16.0 Å². The molecule has 0 aromatic heterocycles. The Morgan fingerprint density at radius 1 is 1.05 bits per heavy atom. The second-order valence-corrected chi connectivity index (χ2v) is 5.56. The Morgan fingerprint density at radius 2 is 1.59 bits per heavy atom. The molecule has 0 spiro atoms. The fourth-order valence-electron chi connectivity index (χ4n) is 2.40. The molecule has 22 heavy (non-hydrogen) atoms. The van der Waals surface area contributed by atoms with Gasteiger partial charge in [-0.25, -0.2) is 0 Å². The van der Waals surface area contributed by atoms with E-state index in [0.717, 1.165) is 24.0 Å². The van der Waals surface area contributed by atoms with Gasteiger partial charge in [-0.3, -0.25) is 4.79 Å². The van der Waals surface area contributed by atoms with Crippen molar-refractivity contribution in [2.24, 2.45) is 5.73 Å². The van der Waals surface area contributed by atoms with Crippen molar-refractivity contribution >= 4 is 5.97 Å². The quantitative estimate of drug-likeness (QED) is 0.830. The average Bonchev–Trinajstić information content (AvgIpc) is 2.55. The van der Waals surface area contributed by atoms with Crippen molar-refractivity contribution in [1.29, 1.82) is 0 Å². The number of carbonyl (C=O) groups excluding carboxylic acids is 1. The molecular weight excluding hydrogens is 274 g/mol. The lowest BCUT2D eigenvalue weighted by Crippen LogP contribution is -2.11. The zero-order valence-electron chi connectivity index (χ0n) is 13.2. The highest BCUT2D eigenvalue weighted by molar-refractivity contribution is 5.69. The number of hydrogen-bond donors (Lipinski definition) is 1. The van der Waals surface area contributed by atoms with E-state index < -0.39 is 0 Å². The van der Waals surface area contributed by atoms with Crippen LogP contribution in [0, 0.1) is 6.92 Å². The highest BCUT2D eigenvalue weighted by Gasteiger charge is 2.08. The van der Waals surface area contributed by atoms with Crippen LogP contribution < -0.4 is 5.73 Å². The average molecular weight is 297 g/mol. The lowest BCUT2D eigenvalue weighted by molar-refractivity contribution is -0.140. The van der Waals surface area contributed by atoms with E-state index in [-0.39, 0.29) is 12.0 Å². The van der Waals surface area contributed by atoms with Gasteiger partial charge < -0.3 is 10.5 Å². The fraction of sp³-hybridized carbons (Fsp3) is 0.316. The molecule has 0 amide bonds. The zero-order valence-corrected chi connectivity index (χ0v) is 13.2. The summed E-state index contributed by atoms with van der Waals surface area (Å²) >= 11 is 0. The summed E-state index contributed by atoms with van der Waals surface area (Å²) < 4.78 is 4.64. The number of nitrogens with two attached hydrogens (primary N) is 1. The summed E-state index contributed by atoms with van der Waals surface area (Å²) in [5, 5.41) is 0. The van der Waals surface area contributed by atoms with Crippen LogP contribution in [0.2, 0.25) is 0 Å². The first-order valence-electron chi connectivity index (χ1n) is 7.58. The summed E-state index contributed by atoms with van der Waals surface area (Å²) in [5.74, 6) is -0.155. The second-order valence-electron chi connectivity index (χ2n) is 5.56. The van der Waals surface area contributed by atoms with E-state index in [2.05, 4.69) is 60.2 Å². The van der Waals surface area contributed by atoms with Gasteiger partial charge in [0.15, 0.2) is 0 Å². The van der Waals surface area contributed by atoms with Gasteiger partial charge in [-0.05, 0) is 36.5 Å². The Kier molecular flexibility index (Phi) is 5.73. The van der Waals surface area contributed by atoms with Crippen LogP contribution in [0.5, 0.6) is 0 Å². The summed E-state index contributed by atoms with van der Waals surface area (Å²) in [5.41, 5.74) is 11.0. The van der Waals surface area contributed by atoms with Gasteiger partial charge in [0.25, 0.3) is 0 Å². The van der Waals surface area contributed by atoms with Gasteiger partial charge in [-0.15, -0.1) is 0 Å². The summed E-state index contributed by atoms with van der Waals surface area (Å²) in [4.78, 5) is 11.1. The van der Waals surface area contributed by atoms with Gasteiger partial charge >= 0.3 is 5.97 Å². The summed E-state index contributed by atoms with van der Waals surface area (Å²) in [6, 6.07) is 16.5. The fourth-order valence-corrected chi connectivity index (χ4v) is 2.40. The van der Waals surface area contributed by atoms with Crippen molar-refractivity contribution in [3.05, 3.63) is 70.8 Å². The van der Waals surface area contributed by atoms with Crippen LogP contribution >= 0.6 is 0 Å². The molecule has 2 aromatic carbocycles. The van der Waals surface area contributed by atoms with Gasteiger partial charge in [0.2, 0.25) is 0 Å². The highest BCUT2D eigenvalue weighted by Crippen LogP contribution is 2.20. The number of ether oxygens (including phenoxy) is 1. The maximum Gasteiger partial charge on any atom is 0.305 e. The van der Waals surface area contributed by atoms with Crippen LogP contribution in [0.15, 0.2) is 48.5 Å². The highest BCUT2D eigenvalue weighted by atomic mass is 16.5. The number of carbonyl (C=O) groups is 1. The van der Waals surface area contributed by atoms with Gasteiger partial charge in [-0.1, -0.05) is 54.1 Å². The van der Waals surface area contributed by atoms with E-state index in [9.17, 15) is 4.79 Å². The monoisotopic (exact) mass is 297 g/mol. The van der Waals surface area contributed by atoms with Crippen LogP contribution in [0.1, 0.15) is 41.1 Å². The molecule has 0 saturated heterocycles. The summed E-state index contributed by atoms with van der Waals surface area (Å²) in [6.45, 7) is 2.07. The molecule has 1 unspecified atom stereocenters. The molecule has 116 valence electrons. The largest absolute Gasteiger partial charge is 0.469 e. The Hall–Kier alpha value is -2.13. The zero-order chi connectivity index (χ0) is 15.9. The Bertz CT molecular complexity index is 602. The molecule has 0 saturated carbocycles. The van der Waals surface area contributed by atoms with Crippen molar-refractivity contribution < 1.29 is 9.53 Å². The maximum absolute atomic E-state index is 11.1. The molecule has 2 N–H and O–H groups in total. The molecule has 3 nitrogen and oxygen atoms in total. The normalized spacial score (nSPS) is 12.0. The number of benzene rings is 2. The molecule has 0 aliphatic heterocycles. The van der Waals surface area contributed by atoms with Gasteiger partial charge in [0, 0.05) is 6.42 Å². The first-order valence-corrected chi connectivity index (χ1v) is 7.58. The van der Waals surface area contributed by atoms with Crippen molar-refractivity contribution in [2.75, 3.05) is 7.11 Å². The van der Waals surface area contributed by atoms with Crippen molar-refractivity contribution in [1.82, 2.24) is 0 Å². The Morgan fingerprint density at radius 3 is 2.14 bits per heavy atom. The first-order chi connectivity index (χ1) is 10.6. The van der Waals surface area contributed by atoms with E-state index in [1.54, 1.807) is 0 Å². The van der Waals surface area contributed by atoms with Crippen LogP contribution in [-0.4, -0.2) is 13.1 Å². The Labute approximate surface area is 132 Å². The minimum absolute atomic E-state index is 0.107. The smallest absolute Gasteiger partial charge is 0.305 e. The van der Waals surface area contributed by atoms with Crippen molar-refractivity contribution in [3.8, 4) is 0 Å². The third kappa shape index (κ3) is 4.43. The topological polar surface area (TPSA) is 52.3 Å². The third-order valence-corrected chi connectivity index (χ3v) is 3.85. The minimum atomic E-state index is -0.155. The van der Waals surface area contributed by atoms with Crippen LogP contribution in [0.4, 0.5) is 0 Å². The van der Waals surface area contributed by atoms with Gasteiger partial charge in [0.05, 0.1) is 13.2 Å². The molecule has 0 aliphatic rings. The number of aryl methyl sites for hydroxylation is 2. The van der Waals surface area contributed by atoms with Crippen molar-refractivity contribution in [3.63, 3.8) is 0 Å². The SMILES string of the molecule is COC(=O)CCCc1ccc(C(N)c2ccc(C)cc2)cc1. The van der Waals surface area contributed by atoms with Crippen LogP contribution in [0.25, 0.3) is 0 Å². The van der Waals surface area contributed by atoms with E-state index in [1.165, 1.54) is 18.2 Å². The first kappa shape index (κ1) is 16.2. The summed E-state index contributed by atoms with van der Waals surface area (Å²) in [7, 11) is 1.42. The molecule has 0 radical (unpaired) electrons. The molecule has 3 heteroatoms. The number of rotatable bonds is 6.